The number of nitrogens with two attached hydrogens (primary N) is 1. The van der Waals surface area contributed by atoms with E-state index >= 15 is 0 Å². The van der Waals surface area contributed by atoms with Crippen LogP contribution in [-0.4, -0.2) is 19.3 Å². The van der Waals surface area contributed by atoms with E-state index in [9.17, 15) is 0 Å². The normalized spacial score (nSPS) is 26.8. The van der Waals surface area contributed by atoms with Crippen molar-refractivity contribution in [3.05, 3.63) is 0 Å². The van der Waals surface area contributed by atoms with Gasteiger partial charge in [0.15, 0.2) is 0 Å². The first-order chi connectivity index (χ1) is 5.85. The van der Waals surface area contributed by atoms with Gasteiger partial charge in [-0.1, -0.05) is 0 Å². The van der Waals surface area contributed by atoms with Crippen LogP contribution < -0.4 is 5.73 Å². The predicted molar refractivity (Wildman–Crippen MR) is 48.9 cm³/mol. The topological polar surface area (TPSA) is 35.2 Å². The van der Waals surface area contributed by atoms with Crippen LogP contribution in [-0.2, 0) is 4.74 Å². The van der Waals surface area contributed by atoms with Crippen LogP contribution in [0.1, 0.15) is 38.5 Å². The Morgan fingerprint density at radius 2 is 2.08 bits per heavy atom. The average molecular weight is 169 g/mol. The number of rotatable bonds is 5. The molecular formula is C10H19NO. The minimum atomic E-state index is 0.518. The van der Waals surface area contributed by atoms with Crippen molar-refractivity contribution in [2.24, 2.45) is 11.1 Å². The molecule has 2 N–H and O–H groups in total. The number of hydrogen-bond acceptors (Lipinski definition) is 2. The summed E-state index contributed by atoms with van der Waals surface area (Å²) in [6.07, 6.45) is 8.40. The molecule has 2 fully saturated rings. The Morgan fingerprint density at radius 3 is 2.50 bits per heavy atom. The van der Waals surface area contributed by atoms with Gasteiger partial charge in [-0.15, -0.1) is 0 Å². The number of hydrogen-bond donors (Lipinski definition) is 1. The van der Waals surface area contributed by atoms with E-state index in [1.807, 2.05) is 0 Å². The molecule has 2 heteroatoms. The first kappa shape index (κ1) is 8.52. The largest absolute Gasteiger partial charge is 0.378 e. The SMILES string of the molecule is NCCC1(COC2CCC2)CC1. The highest BCUT2D eigenvalue weighted by molar-refractivity contribution is 4.93. The number of ether oxygens (including phenoxy) is 1. The first-order valence-corrected chi connectivity index (χ1v) is 5.16. The zero-order valence-corrected chi connectivity index (χ0v) is 7.72. The maximum Gasteiger partial charge on any atom is 0.0575 e. The lowest BCUT2D eigenvalue weighted by molar-refractivity contribution is -0.0222. The predicted octanol–water partition coefficient (Wildman–Crippen LogP) is 1.68. The van der Waals surface area contributed by atoms with Gasteiger partial charge >= 0.3 is 0 Å². The third-order valence-corrected chi connectivity index (χ3v) is 3.31. The van der Waals surface area contributed by atoms with Gasteiger partial charge in [0, 0.05) is 0 Å². The van der Waals surface area contributed by atoms with Crippen molar-refractivity contribution in [2.75, 3.05) is 13.2 Å². The van der Waals surface area contributed by atoms with Crippen LogP contribution in [0.15, 0.2) is 0 Å². The van der Waals surface area contributed by atoms with Gasteiger partial charge < -0.3 is 10.5 Å². The highest BCUT2D eigenvalue weighted by Crippen LogP contribution is 2.49. The summed E-state index contributed by atoms with van der Waals surface area (Å²) in [6, 6.07) is 0. The quantitative estimate of drug-likeness (QED) is 0.679. The van der Waals surface area contributed by atoms with Crippen LogP contribution in [0.2, 0.25) is 0 Å². The lowest BCUT2D eigenvalue weighted by atomic mass is 9.95. The van der Waals surface area contributed by atoms with Crippen LogP contribution in [0.5, 0.6) is 0 Å². The second-order valence-corrected chi connectivity index (χ2v) is 4.40. The Labute approximate surface area is 74.5 Å². The minimum Gasteiger partial charge on any atom is -0.378 e. The molecule has 12 heavy (non-hydrogen) atoms. The molecular weight excluding hydrogens is 150 g/mol. The zero-order chi connectivity index (χ0) is 8.44. The Morgan fingerprint density at radius 1 is 1.33 bits per heavy atom. The summed E-state index contributed by atoms with van der Waals surface area (Å²) in [5.74, 6) is 0. The van der Waals surface area contributed by atoms with E-state index in [2.05, 4.69) is 0 Å². The molecule has 0 aliphatic heterocycles. The van der Waals surface area contributed by atoms with Crippen molar-refractivity contribution < 1.29 is 4.74 Å². The van der Waals surface area contributed by atoms with Crippen LogP contribution in [0.4, 0.5) is 0 Å². The van der Waals surface area contributed by atoms with Gasteiger partial charge in [-0.2, -0.15) is 0 Å². The smallest absolute Gasteiger partial charge is 0.0575 e. The summed E-state index contributed by atoms with van der Waals surface area (Å²) in [6.45, 7) is 1.81. The van der Waals surface area contributed by atoms with Crippen LogP contribution in [0.25, 0.3) is 0 Å². The molecule has 70 valence electrons. The Hall–Kier alpha value is -0.0800. The molecule has 0 aromatic rings. The lowest BCUT2D eigenvalue weighted by Gasteiger charge is -2.27. The Kier molecular flexibility index (Phi) is 2.37. The average Bonchev–Trinajstić information content (AvgIpc) is 2.67. The van der Waals surface area contributed by atoms with Crippen molar-refractivity contribution in [2.45, 2.75) is 44.6 Å². The van der Waals surface area contributed by atoms with Crippen LogP contribution in [0, 0.1) is 5.41 Å². The maximum absolute atomic E-state index is 5.80. The van der Waals surface area contributed by atoms with Crippen molar-refractivity contribution in [1.82, 2.24) is 0 Å². The van der Waals surface area contributed by atoms with E-state index in [1.54, 1.807) is 0 Å². The summed E-state index contributed by atoms with van der Waals surface area (Å²) < 4.78 is 5.80. The molecule has 0 spiro atoms. The lowest BCUT2D eigenvalue weighted by Crippen LogP contribution is -2.26. The molecule has 0 bridgehead atoms. The zero-order valence-electron chi connectivity index (χ0n) is 7.72. The Bertz CT molecular complexity index is 150. The van der Waals surface area contributed by atoms with Gasteiger partial charge in [0.05, 0.1) is 12.7 Å². The summed E-state index contributed by atoms with van der Waals surface area (Å²) >= 11 is 0. The second kappa shape index (κ2) is 3.35. The summed E-state index contributed by atoms with van der Waals surface area (Å²) in [5, 5.41) is 0. The van der Waals surface area contributed by atoms with E-state index in [0.717, 1.165) is 13.2 Å². The molecule has 2 aliphatic rings. The highest BCUT2D eigenvalue weighted by Gasteiger charge is 2.42. The summed E-state index contributed by atoms with van der Waals surface area (Å²) in [5.41, 5.74) is 6.07. The van der Waals surface area contributed by atoms with Gasteiger partial charge in [0.2, 0.25) is 0 Å². The van der Waals surface area contributed by atoms with Crippen LogP contribution >= 0.6 is 0 Å². The van der Waals surface area contributed by atoms with E-state index in [0.29, 0.717) is 11.5 Å². The summed E-state index contributed by atoms with van der Waals surface area (Å²) in [4.78, 5) is 0. The first-order valence-electron chi connectivity index (χ1n) is 5.16. The fourth-order valence-corrected chi connectivity index (χ4v) is 1.78. The summed E-state index contributed by atoms with van der Waals surface area (Å²) in [7, 11) is 0. The Balaban J connectivity index is 1.64. The van der Waals surface area contributed by atoms with Crippen molar-refractivity contribution in [3.63, 3.8) is 0 Å². The molecule has 0 aromatic heterocycles. The van der Waals surface area contributed by atoms with E-state index < -0.39 is 0 Å². The molecule has 2 nitrogen and oxygen atoms in total. The third-order valence-electron chi connectivity index (χ3n) is 3.31. The van der Waals surface area contributed by atoms with Crippen molar-refractivity contribution in [3.8, 4) is 0 Å². The van der Waals surface area contributed by atoms with Crippen molar-refractivity contribution >= 4 is 0 Å². The van der Waals surface area contributed by atoms with Crippen LogP contribution in [0.3, 0.4) is 0 Å². The highest BCUT2D eigenvalue weighted by atomic mass is 16.5. The van der Waals surface area contributed by atoms with E-state index in [4.69, 9.17) is 10.5 Å². The molecule has 2 aliphatic carbocycles. The van der Waals surface area contributed by atoms with Crippen molar-refractivity contribution in [1.29, 1.82) is 0 Å². The van der Waals surface area contributed by atoms with Gasteiger partial charge in [-0.05, 0) is 50.5 Å². The minimum absolute atomic E-state index is 0.518. The second-order valence-electron chi connectivity index (χ2n) is 4.40. The molecule has 0 unspecified atom stereocenters. The van der Waals surface area contributed by atoms with Gasteiger partial charge in [0.1, 0.15) is 0 Å². The van der Waals surface area contributed by atoms with Gasteiger partial charge in [0.25, 0.3) is 0 Å². The molecule has 0 atom stereocenters. The maximum atomic E-state index is 5.80. The molecule has 2 rings (SSSR count). The molecule has 0 heterocycles. The molecule has 0 radical (unpaired) electrons. The van der Waals surface area contributed by atoms with E-state index in [-0.39, 0.29) is 0 Å². The fraction of sp³-hybridized carbons (Fsp3) is 1.00. The monoisotopic (exact) mass is 169 g/mol. The molecule has 0 saturated heterocycles. The fourth-order valence-electron chi connectivity index (χ4n) is 1.78. The van der Waals surface area contributed by atoms with Gasteiger partial charge in [-0.25, -0.2) is 0 Å². The van der Waals surface area contributed by atoms with Gasteiger partial charge in [-0.3, -0.25) is 0 Å². The standard InChI is InChI=1S/C10H19NO/c11-7-6-10(4-5-10)8-12-9-2-1-3-9/h9H,1-8,11H2. The molecule has 0 amide bonds. The molecule has 0 aromatic carbocycles. The third kappa shape index (κ3) is 1.80. The van der Waals surface area contributed by atoms with E-state index in [1.165, 1.54) is 38.5 Å². The molecule has 2 saturated carbocycles.